The van der Waals surface area contributed by atoms with Gasteiger partial charge in [-0.05, 0) is 31.0 Å². The van der Waals surface area contributed by atoms with Crippen molar-refractivity contribution in [3.05, 3.63) is 47.9 Å². The molecule has 6 nitrogen and oxygen atoms in total. The molecular formula is C18H22N4O2S. The maximum Gasteiger partial charge on any atom is 0.178 e. The molecule has 0 aliphatic carbocycles. The van der Waals surface area contributed by atoms with Crippen LogP contribution in [0.3, 0.4) is 0 Å². The number of hydrogen-bond donors (Lipinski definition) is 2. The van der Waals surface area contributed by atoms with E-state index in [0.717, 1.165) is 43.7 Å². The number of fused-ring (bicyclic) bond motifs is 1. The Kier molecular flexibility index (Phi) is 4.13. The van der Waals surface area contributed by atoms with Crippen LogP contribution in [0.25, 0.3) is 10.9 Å². The number of nitrogens with one attached hydrogen (secondary N) is 2. The van der Waals surface area contributed by atoms with E-state index in [9.17, 15) is 8.42 Å². The molecule has 7 heteroatoms. The van der Waals surface area contributed by atoms with Crippen LogP contribution in [-0.4, -0.2) is 47.8 Å². The molecule has 1 aromatic carbocycles. The van der Waals surface area contributed by atoms with E-state index >= 15 is 0 Å². The fourth-order valence-electron chi connectivity index (χ4n) is 3.81. The number of aromatic amines is 2. The zero-order valence-corrected chi connectivity index (χ0v) is 15.0. The Morgan fingerprint density at radius 3 is 3.00 bits per heavy atom. The standard InChI is InChI=1S/C18H22N4O2S/c1-25(23,24)17-10-20-21-18(17)13-5-4-8-22(11-13)12-14-9-19-16-7-3-2-6-15(14)16/h2-3,6-7,9-10,13,19H,4-5,8,11-12H2,1H3,(H,20,21)/t13-/m1/s1. The number of aromatic nitrogens is 3. The lowest BCUT2D eigenvalue weighted by molar-refractivity contribution is 0.198. The summed E-state index contributed by atoms with van der Waals surface area (Å²) in [5.74, 6) is 0.172. The number of rotatable bonds is 4. The molecule has 1 fully saturated rings. The van der Waals surface area contributed by atoms with Crippen LogP contribution in [0.2, 0.25) is 0 Å². The molecule has 0 spiro atoms. The lowest BCUT2D eigenvalue weighted by Gasteiger charge is -2.32. The van der Waals surface area contributed by atoms with Crippen LogP contribution in [0.15, 0.2) is 41.6 Å². The Bertz CT molecular complexity index is 989. The molecule has 2 aromatic heterocycles. The summed E-state index contributed by atoms with van der Waals surface area (Å²) in [6.45, 7) is 2.73. The first-order chi connectivity index (χ1) is 12.0. The van der Waals surface area contributed by atoms with Gasteiger partial charge in [0, 0.05) is 42.4 Å². The summed E-state index contributed by atoms with van der Waals surface area (Å²) in [6, 6.07) is 8.31. The molecule has 0 bridgehead atoms. The number of nitrogens with zero attached hydrogens (tertiary/aromatic N) is 2. The van der Waals surface area contributed by atoms with E-state index < -0.39 is 9.84 Å². The van der Waals surface area contributed by atoms with Crippen LogP contribution in [0, 0.1) is 0 Å². The van der Waals surface area contributed by atoms with Crippen LogP contribution in [0.1, 0.15) is 30.0 Å². The number of sulfone groups is 1. The summed E-state index contributed by atoms with van der Waals surface area (Å²) < 4.78 is 23.9. The zero-order chi connectivity index (χ0) is 17.4. The van der Waals surface area contributed by atoms with Gasteiger partial charge in [-0.25, -0.2) is 8.42 Å². The van der Waals surface area contributed by atoms with Crippen molar-refractivity contribution in [1.82, 2.24) is 20.1 Å². The predicted octanol–water partition coefficient (Wildman–Crippen LogP) is 2.67. The van der Waals surface area contributed by atoms with Gasteiger partial charge in [0.25, 0.3) is 0 Å². The molecule has 2 N–H and O–H groups in total. The van der Waals surface area contributed by atoms with Crippen LogP contribution in [-0.2, 0) is 16.4 Å². The van der Waals surface area contributed by atoms with Crippen molar-refractivity contribution in [3.63, 3.8) is 0 Å². The number of likely N-dealkylation sites (tertiary alicyclic amines) is 1. The Balaban J connectivity index is 1.55. The average Bonchev–Trinajstić information content (AvgIpc) is 3.23. The van der Waals surface area contributed by atoms with E-state index in [1.54, 1.807) is 0 Å². The van der Waals surface area contributed by atoms with E-state index in [1.165, 1.54) is 23.4 Å². The molecule has 0 amide bonds. The van der Waals surface area contributed by atoms with Gasteiger partial charge in [0.2, 0.25) is 0 Å². The molecule has 0 saturated carbocycles. The van der Waals surface area contributed by atoms with Gasteiger partial charge in [-0.15, -0.1) is 0 Å². The minimum Gasteiger partial charge on any atom is -0.361 e. The van der Waals surface area contributed by atoms with Gasteiger partial charge in [0.15, 0.2) is 9.84 Å². The first-order valence-electron chi connectivity index (χ1n) is 8.53. The molecule has 132 valence electrons. The summed E-state index contributed by atoms with van der Waals surface area (Å²) in [4.78, 5) is 6.06. The normalized spacial score (nSPS) is 19.5. The van der Waals surface area contributed by atoms with E-state index in [4.69, 9.17) is 0 Å². The van der Waals surface area contributed by atoms with Gasteiger partial charge in [-0.3, -0.25) is 10.00 Å². The zero-order valence-electron chi connectivity index (χ0n) is 14.2. The molecule has 3 aromatic rings. The predicted molar refractivity (Wildman–Crippen MR) is 97.2 cm³/mol. The van der Waals surface area contributed by atoms with Gasteiger partial charge in [0.05, 0.1) is 11.9 Å². The van der Waals surface area contributed by atoms with Crippen LogP contribution in [0.5, 0.6) is 0 Å². The summed E-state index contributed by atoms with van der Waals surface area (Å²) in [5.41, 5.74) is 3.19. The van der Waals surface area contributed by atoms with E-state index in [2.05, 4.69) is 44.5 Å². The van der Waals surface area contributed by atoms with Crippen molar-refractivity contribution in [2.24, 2.45) is 0 Å². The van der Waals surface area contributed by atoms with Crippen molar-refractivity contribution < 1.29 is 8.42 Å². The Morgan fingerprint density at radius 1 is 1.32 bits per heavy atom. The van der Waals surface area contributed by atoms with Gasteiger partial charge >= 0.3 is 0 Å². The fraction of sp³-hybridized carbons (Fsp3) is 0.389. The average molecular weight is 358 g/mol. The molecule has 1 saturated heterocycles. The second-order valence-corrected chi connectivity index (χ2v) is 8.84. The van der Waals surface area contributed by atoms with E-state index in [0.29, 0.717) is 4.90 Å². The van der Waals surface area contributed by atoms with Crippen molar-refractivity contribution in [1.29, 1.82) is 0 Å². The highest BCUT2D eigenvalue weighted by atomic mass is 32.2. The number of para-hydroxylation sites is 1. The largest absolute Gasteiger partial charge is 0.361 e. The van der Waals surface area contributed by atoms with Crippen molar-refractivity contribution >= 4 is 20.7 Å². The van der Waals surface area contributed by atoms with Crippen LogP contribution < -0.4 is 0 Å². The second-order valence-electron chi connectivity index (χ2n) is 6.85. The highest BCUT2D eigenvalue weighted by Crippen LogP contribution is 2.31. The third kappa shape index (κ3) is 3.21. The number of piperidine rings is 1. The molecule has 25 heavy (non-hydrogen) atoms. The Morgan fingerprint density at radius 2 is 2.16 bits per heavy atom. The molecule has 1 aliphatic rings. The minimum absolute atomic E-state index is 0.172. The van der Waals surface area contributed by atoms with E-state index in [1.807, 2.05) is 6.07 Å². The maximum absolute atomic E-state index is 12.0. The summed E-state index contributed by atoms with van der Waals surface area (Å²) in [7, 11) is -3.25. The molecule has 0 unspecified atom stereocenters. The van der Waals surface area contributed by atoms with E-state index in [-0.39, 0.29) is 5.92 Å². The summed E-state index contributed by atoms with van der Waals surface area (Å²) in [6.07, 6.45) is 6.79. The molecule has 1 aliphatic heterocycles. The number of H-pyrrole nitrogens is 2. The third-order valence-corrected chi connectivity index (χ3v) is 6.14. The highest BCUT2D eigenvalue weighted by Gasteiger charge is 2.28. The number of hydrogen-bond acceptors (Lipinski definition) is 4. The molecule has 1 atom stereocenters. The fourth-order valence-corrected chi connectivity index (χ4v) is 4.67. The van der Waals surface area contributed by atoms with Crippen molar-refractivity contribution in [2.75, 3.05) is 19.3 Å². The molecule has 0 radical (unpaired) electrons. The lowest BCUT2D eigenvalue weighted by atomic mass is 9.94. The second kappa shape index (κ2) is 6.31. The van der Waals surface area contributed by atoms with Gasteiger partial charge < -0.3 is 4.98 Å². The SMILES string of the molecule is CS(=O)(=O)c1cn[nH]c1[C@@H]1CCCN(Cc2c[nH]c3ccccc23)C1. The van der Waals surface area contributed by atoms with Gasteiger partial charge in [0.1, 0.15) is 4.90 Å². The smallest absolute Gasteiger partial charge is 0.178 e. The van der Waals surface area contributed by atoms with Crippen molar-refractivity contribution in [3.8, 4) is 0 Å². The maximum atomic E-state index is 12.0. The van der Waals surface area contributed by atoms with Gasteiger partial charge in [-0.2, -0.15) is 5.10 Å². The molecule has 3 heterocycles. The Hall–Kier alpha value is -2.12. The minimum atomic E-state index is -3.25. The first kappa shape index (κ1) is 16.4. The highest BCUT2D eigenvalue weighted by molar-refractivity contribution is 7.90. The van der Waals surface area contributed by atoms with Crippen molar-refractivity contribution in [2.45, 2.75) is 30.2 Å². The van der Waals surface area contributed by atoms with Crippen LogP contribution >= 0.6 is 0 Å². The topological polar surface area (TPSA) is 81.8 Å². The number of benzene rings is 1. The quantitative estimate of drug-likeness (QED) is 0.751. The third-order valence-electron chi connectivity index (χ3n) is 5.01. The molecular weight excluding hydrogens is 336 g/mol. The summed E-state index contributed by atoms with van der Waals surface area (Å²) >= 11 is 0. The summed E-state index contributed by atoms with van der Waals surface area (Å²) in [5, 5.41) is 8.16. The molecule has 4 rings (SSSR count). The van der Waals surface area contributed by atoms with Gasteiger partial charge in [-0.1, -0.05) is 18.2 Å². The first-order valence-corrected chi connectivity index (χ1v) is 10.4. The lowest BCUT2D eigenvalue weighted by Crippen LogP contribution is -2.34. The van der Waals surface area contributed by atoms with Crippen LogP contribution in [0.4, 0.5) is 0 Å². The monoisotopic (exact) mass is 358 g/mol. The Labute approximate surface area is 147 Å².